The molecule has 0 bridgehead atoms. The van der Waals surface area contributed by atoms with Crippen LogP contribution in [0, 0.1) is 5.92 Å². The van der Waals surface area contributed by atoms with Gasteiger partial charge < -0.3 is 0 Å². The molecule has 0 aliphatic heterocycles. The van der Waals surface area contributed by atoms with Gasteiger partial charge in [-0.3, -0.25) is 14.4 Å². The molecule has 0 aromatic heterocycles. The van der Waals surface area contributed by atoms with Gasteiger partial charge in [-0.25, -0.2) is 0 Å². The third-order valence-corrected chi connectivity index (χ3v) is 2.05. The van der Waals surface area contributed by atoms with Crippen molar-refractivity contribution in [3.63, 3.8) is 0 Å². The molecule has 0 amide bonds. The number of hydrogen-bond donors (Lipinski definition) is 0. The van der Waals surface area contributed by atoms with Gasteiger partial charge in [0.1, 0.15) is 17.3 Å². The minimum absolute atomic E-state index is 0.0259. The van der Waals surface area contributed by atoms with Crippen LogP contribution in [0.2, 0.25) is 0 Å². The zero-order valence-corrected chi connectivity index (χ0v) is 8.42. The Balaban J connectivity index is 4.35. The highest BCUT2D eigenvalue weighted by molar-refractivity contribution is 6.04. The van der Waals surface area contributed by atoms with Gasteiger partial charge in [-0.1, -0.05) is 13.8 Å². The molecule has 74 valence electrons. The summed E-state index contributed by atoms with van der Waals surface area (Å²) in [6.45, 7) is 4.80. The van der Waals surface area contributed by atoms with E-state index in [0.29, 0.717) is 12.8 Å². The monoisotopic (exact) mass is 184 g/mol. The molecule has 3 nitrogen and oxygen atoms in total. The van der Waals surface area contributed by atoms with E-state index in [4.69, 9.17) is 0 Å². The second-order valence-corrected chi connectivity index (χ2v) is 3.08. The minimum atomic E-state index is -0.697. The largest absolute Gasteiger partial charge is 0.300 e. The number of ketones is 3. The van der Waals surface area contributed by atoms with Gasteiger partial charge in [0.2, 0.25) is 0 Å². The summed E-state index contributed by atoms with van der Waals surface area (Å²) < 4.78 is 0. The number of rotatable bonds is 6. The molecule has 0 rings (SSSR count). The maximum Gasteiger partial charge on any atom is 0.143 e. The van der Waals surface area contributed by atoms with Crippen molar-refractivity contribution in [3.05, 3.63) is 0 Å². The van der Waals surface area contributed by atoms with E-state index in [9.17, 15) is 14.4 Å². The lowest BCUT2D eigenvalue weighted by Crippen LogP contribution is -2.24. The predicted molar refractivity (Wildman–Crippen MR) is 49.4 cm³/mol. The lowest BCUT2D eigenvalue weighted by atomic mass is 9.92. The summed E-state index contributed by atoms with van der Waals surface area (Å²) in [5.74, 6) is -1.05. The Morgan fingerprint density at radius 1 is 1.08 bits per heavy atom. The first-order valence-electron chi connectivity index (χ1n) is 4.57. The van der Waals surface area contributed by atoms with Crippen molar-refractivity contribution in [1.82, 2.24) is 0 Å². The molecule has 0 aromatic rings. The van der Waals surface area contributed by atoms with Crippen molar-refractivity contribution >= 4 is 17.3 Å². The SMILES string of the molecule is CCC(=O)CC(C(C)=O)C(=O)CC. The number of hydrogen-bond acceptors (Lipinski definition) is 3. The molecule has 0 aliphatic rings. The molecule has 1 atom stereocenters. The van der Waals surface area contributed by atoms with E-state index >= 15 is 0 Å². The third-order valence-electron chi connectivity index (χ3n) is 2.05. The topological polar surface area (TPSA) is 51.2 Å². The Hall–Kier alpha value is -0.990. The molecule has 0 radical (unpaired) electrons. The smallest absolute Gasteiger partial charge is 0.143 e. The van der Waals surface area contributed by atoms with Crippen molar-refractivity contribution < 1.29 is 14.4 Å². The fourth-order valence-electron chi connectivity index (χ4n) is 1.10. The quantitative estimate of drug-likeness (QED) is 0.588. The van der Waals surface area contributed by atoms with E-state index in [0.717, 1.165) is 0 Å². The molecule has 13 heavy (non-hydrogen) atoms. The van der Waals surface area contributed by atoms with Gasteiger partial charge in [-0.15, -0.1) is 0 Å². The fraction of sp³-hybridized carbons (Fsp3) is 0.700. The Morgan fingerprint density at radius 2 is 1.62 bits per heavy atom. The van der Waals surface area contributed by atoms with Crippen LogP contribution in [0.4, 0.5) is 0 Å². The van der Waals surface area contributed by atoms with E-state index in [2.05, 4.69) is 0 Å². The van der Waals surface area contributed by atoms with Crippen LogP contribution in [0.1, 0.15) is 40.0 Å². The Morgan fingerprint density at radius 3 is 1.92 bits per heavy atom. The van der Waals surface area contributed by atoms with Crippen molar-refractivity contribution in [2.45, 2.75) is 40.0 Å². The molecule has 0 fully saturated rings. The molecule has 3 heteroatoms. The zero-order chi connectivity index (χ0) is 10.4. The van der Waals surface area contributed by atoms with Gasteiger partial charge in [-0.2, -0.15) is 0 Å². The van der Waals surface area contributed by atoms with Crippen LogP contribution in [0.3, 0.4) is 0 Å². The molecular weight excluding hydrogens is 168 g/mol. The van der Waals surface area contributed by atoms with E-state index in [1.807, 2.05) is 0 Å². The Bertz CT molecular complexity index is 218. The average Bonchev–Trinajstić information content (AvgIpc) is 2.11. The summed E-state index contributed by atoms with van der Waals surface area (Å²) in [6, 6.07) is 0. The van der Waals surface area contributed by atoms with Gasteiger partial charge in [0, 0.05) is 19.3 Å². The van der Waals surface area contributed by atoms with Gasteiger partial charge >= 0.3 is 0 Å². The Labute approximate surface area is 78.5 Å². The number of carbonyl (C=O) groups excluding carboxylic acids is 3. The second-order valence-electron chi connectivity index (χ2n) is 3.08. The summed E-state index contributed by atoms with van der Waals surface area (Å²) in [5, 5.41) is 0. The summed E-state index contributed by atoms with van der Waals surface area (Å²) >= 11 is 0. The highest BCUT2D eigenvalue weighted by atomic mass is 16.2. The third kappa shape index (κ3) is 3.97. The minimum Gasteiger partial charge on any atom is -0.300 e. The van der Waals surface area contributed by atoms with Crippen molar-refractivity contribution in [1.29, 1.82) is 0 Å². The molecule has 0 saturated heterocycles. The number of Topliss-reactive ketones (excluding diaryl/α,β-unsaturated/α-hetero) is 3. The van der Waals surface area contributed by atoms with Crippen molar-refractivity contribution in [2.24, 2.45) is 5.92 Å². The van der Waals surface area contributed by atoms with Gasteiger partial charge in [0.25, 0.3) is 0 Å². The first kappa shape index (κ1) is 12.0. The van der Waals surface area contributed by atoms with E-state index in [1.54, 1.807) is 13.8 Å². The standard InChI is InChI=1S/C10H16O3/c1-4-8(12)6-9(7(3)11)10(13)5-2/h9H,4-6H2,1-3H3. The maximum absolute atomic E-state index is 11.2. The molecular formula is C10H16O3. The van der Waals surface area contributed by atoms with Crippen molar-refractivity contribution in [2.75, 3.05) is 0 Å². The number of carbonyl (C=O) groups is 3. The van der Waals surface area contributed by atoms with Crippen molar-refractivity contribution in [3.8, 4) is 0 Å². The van der Waals surface area contributed by atoms with Crippen LogP contribution >= 0.6 is 0 Å². The summed E-state index contributed by atoms with van der Waals surface area (Å²) in [7, 11) is 0. The summed E-state index contributed by atoms with van der Waals surface area (Å²) in [6.07, 6.45) is 0.792. The molecule has 1 unspecified atom stereocenters. The van der Waals surface area contributed by atoms with Crippen LogP contribution in [-0.2, 0) is 14.4 Å². The predicted octanol–water partition coefficient (Wildman–Crippen LogP) is 1.54. The summed E-state index contributed by atoms with van der Waals surface area (Å²) in [4.78, 5) is 33.3. The molecule has 0 aliphatic carbocycles. The molecule has 0 saturated carbocycles. The first-order valence-corrected chi connectivity index (χ1v) is 4.57. The van der Waals surface area contributed by atoms with Crippen LogP contribution in [-0.4, -0.2) is 17.3 Å². The lowest BCUT2D eigenvalue weighted by molar-refractivity contribution is -0.135. The van der Waals surface area contributed by atoms with Crippen LogP contribution in [0.25, 0.3) is 0 Å². The van der Waals surface area contributed by atoms with E-state index < -0.39 is 5.92 Å². The average molecular weight is 184 g/mol. The highest BCUT2D eigenvalue weighted by Crippen LogP contribution is 2.10. The van der Waals surface area contributed by atoms with Gasteiger partial charge in [0.05, 0.1) is 5.92 Å². The summed E-state index contributed by atoms with van der Waals surface area (Å²) in [5.41, 5.74) is 0. The zero-order valence-electron chi connectivity index (χ0n) is 8.42. The van der Waals surface area contributed by atoms with Gasteiger partial charge in [0.15, 0.2) is 0 Å². The normalized spacial score (nSPS) is 12.2. The Kier molecular flexibility index (Phi) is 5.19. The maximum atomic E-state index is 11.2. The highest BCUT2D eigenvalue weighted by Gasteiger charge is 2.23. The van der Waals surface area contributed by atoms with Crippen LogP contribution in [0.15, 0.2) is 0 Å². The first-order chi connectivity index (χ1) is 6.02. The van der Waals surface area contributed by atoms with Gasteiger partial charge in [-0.05, 0) is 6.92 Å². The fourth-order valence-corrected chi connectivity index (χ4v) is 1.10. The van der Waals surface area contributed by atoms with Crippen LogP contribution < -0.4 is 0 Å². The second kappa shape index (κ2) is 5.62. The van der Waals surface area contributed by atoms with E-state index in [1.165, 1.54) is 6.92 Å². The molecule has 0 heterocycles. The van der Waals surface area contributed by atoms with E-state index in [-0.39, 0.29) is 23.8 Å². The lowest BCUT2D eigenvalue weighted by Gasteiger charge is -2.09. The molecule has 0 aromatic carbocycles. The molecule has 0 N–H and O–H groups in total. The van der Waals surface area contributed by atoms with Crippen LogP contribution in [0.5, 0.6) is 0 Å². The molecule has 0 spiro atoms.